The Morgan fingerprint density at radius 3 is 2.68 bits per heavy atom. The van der Waals surface area contributed by atoms with Crippen molar-refractivity contribution in [1.82, 2.24) is 4.90 Å². The van der Waals surface area contributed by atoms with Crippen molar-refractivity contribution >= 4 is 23.1 Å². The van der Waals surface area contributed by atoms with Gasteiger partial charge in [0, 0.05) is 12.2 Å². The third kappa shape index (κ3) is 2.92. The molecule has 2 rings (SSSR count). The molecule has 0 saturated heterocycles. The standard InChI is InChI=1S/C14H23N3OS/c1-4-17(5-2)7-10-8-18-13-12(16)9(3)6-11(15)14(13)19-10/h6,10H,4-5,7-8,15-16H2,1-3H3. The minimum atomic E-state index is 0.414. The first-order valence-corrected chi connectivity index (χ1v) is 7.65. The molecular weight excluding hydrogens is 258 g/mol. The number of aryl methyl sites for hydroxylation is 1. The monoisotopic (exact) mass is 281 g/mol. The van der Waals surface area contributed by atoms with Crippen molar-refractivity contribution in [2.75, 3.05) is 37.7 Å². The van der Waals surface area contributed by atoms with E-state index in [9.17, 15) is 0 Å². The fraction of sp³-hybridized carbons (Fsp3) is 0.571. The van der Waals surface area contributed by atoms with E-state index in [1.165, 1.54) is 0 Å². The molecule has 0 radical (unpaired) electrons. The number of rotatable bonds is 4. The molecule has 0 aliphatic carbocycles. The van der Waals surface area contributed by atoms with E-state index in [4.69, 9.17) is 16.2 Å². The summed E-state index contributed by atoms with van der Waals surface area (Å²) < 4.78 is 5.87. The van der Waals surface area contributed by atoms with Gasteiger partial charge in [0.15, 0.2) is 5.75 Å². The van der Waals surface area contributed by atoms with Gasteiger partial charge in [0.05, 0.1) is 15.8 Å². The highest BCUT2D eigenvalue weighted by atomic mass is 32.2. The lowest BCUT2D eigenvalue weighted by molar-refractivity contribution is 0.248. The van der Waals surface area contributed by atoms with Crippen molar-refractivity contribution in [2.24, 2.45) is 0 Å². The summed E-state index contributed by atoms with van der Waals surface area (Å²) in [5.41, 5.74) is 14.6. The van der Waals surface area contributed by atoms with Gasteiger partial charge in [-0.25, -0.2) is 0 Å². The van der Waals surface area contributed by atoms with Crippen LogP contribution in [0.5, 0.6) is 5.75 Å². The highest BCUT2D eigenvalue weighted by Crippen LogP contribution is 2.45. The van der Waals surface area contributed by atoms with Crippen molar-refractivity contribution in [3.63, 3.8) is 0 Å². The van der Waals surface area contributed by atoms with Crippen LogP contribution in [-0.4, -0.2) is 36.4 Å². The van der Waals surface area contributed by atoms with E-state index in [1.807, 2.05) is 13.0 Å². The molecule has 1 unspecified atom stereocenters. The Labute approximate surface area is 119 Å². The minimum absolute atomic E-state index is 0.414. The summed E-state index contributed by atoms with van der Waals surface area (Å²) in [6.45, 7) is 10.2. The van der Waals surface area contributed by atoms with Gasteiger partial charge in [-0.15, -0.1) is 11.8 Å². The van der Waals surface area contributed by atoms with E-state index in [0.717, 1.165) is 47.2 Å². The summed E-state index contributed by atoms with van der Waals surface area (Å²) in [4.78, 5) is 3.41. The summed E-state index contributed by atoms with van der Waals surface area (Å²) in [7, 11) is 0. The molecule has 0 aromatic heterocycles. The quantitative estimate of drug-likeness (QED) is 0.829. The molecule has 1 aliphatic rings. The van der Waals surface area contributed by atoms with Crippen LogP contribution in [0.15, 0.2) is 11.0 Å². The normalized spacial score (nSPS) is 18.2. The molecule has 4 nitrogen and oxygen atoms in total. The van der Waals surface area contributed by atoms with Crippen LogP contribution in [0.2, 0.25) is 0 Å². The Hall–Kier alpha value is -1.07. The van der Waals surface area contributed by atoms with Gasteiger partial charge >= 0.3 is 0 Å². The SMILES string of the molecule is CCN(CC)CC1COc2c(N)c(C)cc(N)c2S1. The van der Waals surface area contributed by atoms with Gasteiger partial charge in [-0.2, -0.15) is 0 Å². The van der Waals surface area contributed by atoms with Gasteiger partial charge in [-0.05, 0) is 31.6 Å². The maximum absolute atomic E-state index is 6.10. The van der Waals surface area contributed by atoms with Gasteiger partial charge in [0.1, 0.15) is 6.61 Å². The second-order valence-electron chi connectivity index (χ2n) is 4.89. The lowest BCUT2D eigenvalue weighted by atomic mass is 10.1. The number of benzene rings is 1. The Morgan fingerprint density at radius 1 is 1.37 bits per heavy atom. The van der Waals surface area contributed by atoms with E-state index < -0.39 is 0 Å². The average molecular weight is 281 g/mol. The van der Waals surface area contributed by atoms with Gasteiger partial charge < -0.3 is 21.1 Å². The number of nitrogens with zero attached hydrogens (tertiary/aromatic N) is 1. The molecule has 19 heavy (non-hydrogen) atoms. The molecule has 1 atom stereocenters. The zero-order chi connectivity index (χ0) is 14.0. The van der Waals surface area contributed by atoms with Crippen LogP contribution in [0.4, 0.5) is 11.4 Å². The third-order valence-corrected chi connectivity index (χ3v) is 4.84. The molecule has 0 saturated carbocycles. The molecule has 1 heterocycles. The number of nitrogens with two attached hydrogens (primary N) is 2. The maximum Gasteiger partial charge on any atom is 0.158 e. The van der Waals surface area contributed by atoms with Crippen LogP contribution < -0.4 is 16.2 Å². The first kappa shape index (κ1) is 14.3. The van der Waals surface area contributed by atoms with Crippen molar-refractivity contribution in [2.45, 2.75) is 30.9 Å². The zero-order valence-electron chi connectivity index (χ0n) is 11.9. The number of ether oxygens (including phenoxy) is 1. The van der Waals surface area contributed by atoms with Crippen LogP contribution in [0.3, 0.4) is 0 Å². The average Bonchev–Trinajstić information content (AvgIpc) is 2.42. The van der Waals surface area contributed by atoms with E-state index in [2.05, 4.69) is 18.7 Å². The van der Waals surface area contributed by atoms with E-state index in [1.54, 1.807) is 11.8 Å². The fourth-order valence-electron chi connectivity index (χ4n) is 2.31. The molecule has 1 aromatic rings. The highest BCUT2D eigenvalue weighted by Gasteiger charge is 2.26. The molecule has 1 aliphatic heterocycles. The number of hydrogen-bond acceptors (Lipinski definition) is 5. The molecule has 1 aromatic carbocycles. The topological polar surface area (TPSA) is 64.5 Å². The first-order valence-electron chi connectivity index (χ1n) is 6.77. The first-order chi connectivity index (χ1) is 9.06. The number of anilines is 2. The number of nitrogen functional groups attached to an aromatic ring is 2. The lowest BCUT2D eigenvalue weighted by Crippen LogP contribution is -2.35. The summed E-state index contributed by atoms with van der Waals surface area (Å²) >= 11 is 1.79. The number of thioether (sulfide) groups is 1. The minimum Gasteiger partial charge on any atom is -0.489 e. The molecule has 0 fully saturated rings. The van der Waals surface area contributed by atoms with Crippen LogP contribution in [-0.2, 0) is 0 Å². The Morgan fingerprint density at radius 2 is 2.05 bits per heavy atom. The number of fused-ring (bicyclic) bond motifs is 1. The van der Waals surface area contributed by atoms with Crippen molar-refractivity contribution in [1.29, 1.82) is 0 Å². The second kappa shape index (κ2) is 5.92. The Bertz CT molecular complexity index is 460. The summed E-state index contributed by atoms with van der Waals surface area (Å²) in [6, 6.07) is 1.93. The van der Waals surface area contributed by atoms with Crippen LogP contribution in [0.1, 0.15) is 19.4 Å². The molecule has 0 amide bonds. The highest BCUT2D eigenvalue weighted by molar-refractivity contribution is 8.00. The molecular formula is C14H23N3OS. The second-order valence-corrected chi connectivity index (χ2v) is 6.20. The maximum atomic E-state index is 6.10. The predicted octanol–water partition coefficient (Wildman–Crippen LogP) is 2.35. The van der Waals surface area contributed by atoms with Crippen molar-refractivity contribution in [3.8, 4) is 5.75 Å². The Kier molecular flexibility index (Phi) is 4.47. The van der Waals surface area contributed by atoms with Crippen LogP contribution >= 0.6 is 11.8 Å². The van der Waals surface area contributed by atoms with Crippen LogP contribution in [0.25, 0.3) is 0 Å². The predicted molar refractivity (Wildman–Crippen MR) is 82.9 cm³/mol. The van der Waals surface area contributed by atoms with Gasteiger partial charge in [0.25, 0.3) is 0 Å². The van der Waals surface area contributed by atoms with E-state index in [0.29, 0.717) is 11.9 Å². The summed E-state index contributed by atoms with van der Waals surface area (Å²) in [6.07, 6.45) is 0. The van der Waals surface area contributed by atoms with Crippen molar-refractivity contribution in [3.05, 3.63) is 11.6 Å². The largest absolute Gasteiger partial charge is 0.489 e. The lowest BCUT2D eigenvalue weighted by Gasteiger charge is -2.30. The fourth-order valence-corrected chi connectivity index (χ4v) is 3.54. The van der Waals surface area contributed by atoms with Crippen molar-refractivity contribution < 1.29 is 4.74 Å². The molecule has 5 heteroatoms. The van der Waals surface area contributed by atoms with Crippen LogP contribution in [0, 0.1) is 6.92 Å². The van der Waals surface area contributed by atoms with Gasteiger partial charge in [0.2, 0.25) is 0 Å². The third-order valence-electron chi connectivity index (χ3n) is 3.56. The molecule has 4 N–H and O–H groups in total. The van der Waals surface area contributed by atoms with Gasteiger partial charge in [-0.1, -0.05) is 13.8 Å². The van der Waals surface area contributed by atoms with Gasteiger partial charge in [-0.3, -0.25) is 0 Å². The van der Waals surface area contributed by atoms with E-state index >= 15 is 0 Å². The summed E-state index contributed by atoms with van der Waals surface area (Å²) in [5.74, 6) is 0.776. The Balaban J connectivity index is 2.18. The zero-order valence-corrected chi connectivity index (χ0v) is 12.7. The summed E-state index contributed by atoms with van der Waals surface area (Å²) in [5, 5.41) is 0.414. The molecule has 0 spiro atoms. The smallest absolute Gasteiger partial charge is 0.158 e. The molecule has 106 valence electrons. The molecule has 0 bridgehead atoms. The number of hydrogen-bond donors (Lipinski definition) is 2. The van der Waals surface area contributed by atoms with E-state index in [-0.39, 0.29) is 0 Å².